The summed E-state index contributed by atoms with van der Waals surface area (Å²) in [5, 5.41) is 2.96. The minimum absolute atomic E-state index is 0.147. The lowest BCUT2D eigenvalue weighted by molar-refractivity contribution is -0.139. The van der Waals surface area contributed by atoms with E-state index in [1.165, 1.54) is 4.90 Å². The zero-order chi connectivity index (χ0) is 20.3. The average Bonchev–Trinajstić information content (AvgIpc) is 3.00. The van der Waals surface area contributed by atoms with Crippen LogP contribution in [0.2, 0.25) is 0 Å². The van der Waals surface area contributed by atoms with Gasteiger partial charge >= 0.3 is 0 Å². The van der Waals surface area contributed by atoms with E-state index in [-0.39, 0.29) is 43.1 Å². The number of imide groups is 1. The number of methoxy groups -OCH3 is 1. The van der Waals surface area contributed by atoms with Crippen molar-refractivity contribution in [1.82, 2.24) is 10.2 Å². The molecule has 0 aromatic heterocycles. The molecule has 7 heteroatoms. The Morgan fingerprint density at radius 3 is 2.36 bits per heavy atom. The van der Waals surface area contributed by atoms with Crippen LogP contribution in [0.15, 0.2) is 46.9 Å². The minimum atomic E-state index is -0.195. The summed E-state index contributed by atoms with van der Waals surface area (Å²) in [5.74, 6) is 0.241. The minimum Gasteiger partial charge on any atom is -0.496 e. The first-order chi connectivity index (χ1) is 13.4. The first-order valence-electron chi connectivity index (χ1n) is 8.95. The van der Waals surface area contributed by atoms with Crippen molar-refractivity contribution in [3.63, 3.8) is 0 Å². The Kier molecular flexibility index (Phi) is 6.14. The summed E-state index contributed by atoms with van der Waals surface area (Å²) in [6.45, 7) is 2.15. The molecule has 3 rings (SSSR count). The number of ether oxygens (including phenoxy) is 1. The SMILES string of the molecule is COc1ccc(C(C)NC(=O)c2ccc(CN3C(=O)CCC3=O)cc2)cc1Br. The maximum Gasteiger partial charge on any atom is 0.251 e. The van der Waals surface area contributed by atoms with Crippen LogP contribution in [0.4, 0.5) is 0 Å². The van der Waals surface area contributed by atoms with Crippen molar-refractivity contribution in [2.24, 2.45) is 0 Å². The Morgan fingerprint density at radius 1 is 1.14 bits per heavy atom. The summed E-state index contributed by atoms with van der Waals surface area (Å²) < 4.78 is 6.05. The second-order valence-corrected chi connectivity index (χ2v) is 7.51. The molecule has 1 heterocycles. The van der Waals surface area contributed by atoms with Gasteiger partial charge in [0.15, 0.2) is 0 Å². The van der Waals surface area contributed by atoms with Gasteiger partial charge in [-0.05, 0) is 58.2 Å². The van der Waals surface area contributed by atoms with Crippen LogP contribution >= 0.6 is 15.9 Å². The highest BCUT2D eigenvalue weighted by Gasteiger charge is 2.28. The number of hydrogen-bond acceptors (Lipinski definition) is 4. The van der Waals surface area contributed by atoms with E-state index in [1.807, 2.05) is 25.1 Å². The molecule has 3 amide bonds. The molecule has 2 aromatic carbocycles. The molecule has 28 heavy (non-hydrogen) atoms. The van der Waals surface area contributed by atoms with Crippen LogP contribution in [0.3, 0.4) is 0 Å². The van der Waals surface area contributed by atoms with Gasteiger partial charge in [-0.15, -0.1) is 0 Å². The highest BCUT2D eigenvalue weighted by Crippen LogP contribution is 2.28. The van der Waals surface area contributed by atoms with Crippen LogP contribution < -0.4 is 10.1 Å². The van der Waals surface area contributed by atoms with Gasteiger partial charge in [0.2, 0.25) is 11.8 Å². The summed E-state index contributed by atoms with van der Waals surface area (Å²) in [6, 6.07) is 12.4. The molecule has 0 bridgehead atoms. The molecule has 146 valence electrons. The second-order valence-electron chi connectivity index (χ2n) is 6.66. The largest absolute Gasteiger partial charge is 0.496 e. The fraction of sp³-hybridized carbons (Fsp3) is 0.286. The molecule has 1 N–H and O–H groups in total. The van der Waals surface area contributed by atoms with Gasteiger partial charge in [-0.1, -0.05) is 18.2 Å². The van der Waals surface area contributed by atoms with E-state index in [0.29, 0.717) is 5.56 Å². The predicted molar refractivity (Wildman–Crippen MR) is 108 cm³/mol. The summed E-state index contributed by atoms with van der Waals surface area (Å²) in [7, 11) is 1.60. The van der Waals surface area contributed by atoms with Crippen molar-refractivity contribution in [1.29, 1.82) is 0 Å². The highest BCUT2D eigenvalue weighted by molar-refractivity contribution is 9.10. The molecule has 0 radical (unpaired) electrons. The maximum atomic E-state index is 12.5. The van der Waals surface area contributed by atoms with Gasteiger partial charge in [0, 0.05) is 18.4 Å². The van der Waals surface area contributed by atoms with Crippen molar-refractivity contribution >= 4 is 33.7 Å². The topological polar surface area (TPSA) is 75.7 Å². The molecule has 1 aliphatic heterocycles. The fourth-order valence-electron chi connectivity index (χ4n) is 3.06. The fourth-order valence-corrected chi connectivity index (χ4v) is 3.62. The number of nitrogens with zero attached hydrogens (tertiary/aromatic N) is 1. The van der Waals surface area contributed by atoms with Gasteiger partial charge in [0.1, 0.15) is 5.75 Å². The van der Waals surface area contributed by atoms with Crippen LogP contribution in [-0.4, -0.2) is 29.7 Å². The van der Waals surface area contributed by atoms with E-state index in [1.54, 1.807) is 31.4 Å². The maximum absolute atomic E-state index is 12.5. The van der Waals surface area contributed by atoms with Gasteiger partial charge in [-0.3, -0.25) is 19.3 Å². The number of carbonyl (C=O) groups excluding carboxylic acids is 3. The molecule has 6 nitrogen and oxygen atoms in total. The van der Waals surface area contributed by atoms with Crippen molar-refractivity contribution in [3.05, 3.63) is 63.6 Å². The molecule has 1 atom stereocenters. The van der Waals surface area contributed by atoms with E-state index in [0.717, 1.165) is 21.3 Å². The van der Waals surface area contributed by atoms with Crippen molar-refractivity contribution < 1.29 is 19.1 Å². The molecule has 0 saturated carbocycles. The zero-order valence-corrected chi connectivity index (χ0v) is 17.3. The molecule has 1 saturated heterocycles. The molecule has 1 unspecified atom stereocenters. The Hall–Kier alpha value is -2.67. The summed E-state index contributed by atoms with van der Waals surface area (Å²) >= 11 is 3.45. The van der Waals surface area contributed by atoms with Crippen molar-refractivity contribution in [2.75, 3.05) is 7.11 Å². The van der Waals surface area contributed by atoms with Gasteiger partial charge < -0.3 is 10.1 Å². The lowest BCUT2D eigenvalue weighted by Gasteiger charge is -2.16. The monoisotopic (exact) mass is 444 g/mol. The summed E-state index contributed by atoms with van der Waals surface area (Å²) in [5.41, 5.74) is 2.28. The highest BCUT2D eigenvalue weighted by atomic mass is 79.9. The van der Waals surface area contributed by atoms with Crippen LogP contribution in [-0.2, 0) is 16.1 Å². The van der Waals surface area contributed by atoms with Gasteiger partial charge in [-0.2, -0.15) is 0 Å². The van der Waals surface area contributed by atoms with E-state index < -0.39 is 0 Å². The number of carbonyl (C=O) groups is 3. The Balaban J connectivity index is 1.63. The van der Waals surface area contributed by atoms with Crippen LogP contribution in [0.1, 0.15) is 47.3 Å². The van der Waals surface area contributed by atoms with Crippen LogP contribution in [0, 0.1) is 0 Å². The lowest BCUT2D eigenvalue weighted by Crippen LogP contribution is -2.28. The van der Waals surface area contributed by atoms with Crippen LogP contribution in [0.25, 0.3) is 0 Å². The van der Waals surface area contributed by atoms with Crippen LogP contribution in [0.5, 0.6) is 5.75 Å². The second kappa shape index (κ2) is 8.56. The number of benzene rings is 2. The number of halogens is 1. The van der Waals surface area contributed by atoms with Gasteiger partial charge in [-0.25, -0.2) is 0 Å². The number of nitrogens with one attached hydrogen (secondary N) is 1. The molecule has 0 aliphatic carbocycles. The molecule has 1 aliphatic rings. The van der Waals surface area contributed by atoms with Gasteiger partial charge in [0.05, 0.1) is 24.2 Å². The Bertz CT molecular complexity index is 895. The van der Waals surface area contributed by atoms with E-state index in [2.05, 4.69) is 21.2 Å². The quantitative estimate of drug-likeness (QED) is 0.690. The van der Waals surface area contributed by atoms with E-state index in [9.17, 15) is 14.4 Å². The van der Waals surface area contributed by atoms with E-state index in [4.69, 9.17) is 4.74 Å². The first kappa shape index (κ1) is 20.1. The number of hydrogen-bond donors (Lipinski definition) is 1. The normalized spacial score (nSPS) is 14.9. The summed E-state index contributed by atoms with van der Waals surface area (Å²) in [4.78, 5) is 37.2. The Morgan fingerprint density at radius 2 is 1.79 bits per heavy atom. The molecular weight excluding hydrogens is 424 g/mol. The predicted octanol–water partition coefficient (Wildman–Crippen LogP) is 3.60. The zero-order valence-electron chi connectivity index (χ0n) is 15.7. The number of rotatable bonds is 6. The van der Waals surface area contributed by atoms with E-state index >= 15 is 0 Å². The lowest BCUT2D eigenvalue weighted by atomic mass is 10.1. The number of likely N-dealkylation sites (tertiary alicyclic amines) is 1. The van der Waals surface area contributed by atoms with Crippen molar-refractivity contribution in [3.8, 4) is 5.75 Å². The number of amides is 3. The smallest absolute Gasteiger partial charge is 0.251 e. The Labute approximate surface area is 172 Å². The molecule has 2 aromatic rings. The summed E-state index contributed by atoms with van der Waals surface area (Å²) in [6.07, 6.45) is 0.553. The standard InChI is InChI=1S/C21H21BrN2O4/c1-13(16-7-8-18(28-2)17(22)11-16)23-21(27)15-5-3-14(4-6-15)12-24-19(25)9-10-20(24)26/h3-8,11,13H,9-10,12H2,1-2H3,(H,23,27). The van der Waals surface area contributed by atoms with Gasteiger partial charge in [0.25, 0.3) is 5.91 Å². The first-order valence-corrected chi connectivity index (χ1v) is 9.74. The average molecular weight is 445 g/mol. The molecule has 1 fully saturated rings. The molecule has 0 spiro atoms. The molecular formula is C21H21BrN2O4. The van der Waals surface area contributed by atoms with Crippen molar-refractivity contribution in [2.45, 2.75) is 32.4 Å². The third-order valence-corrected chi connectivity index (χ3v) is 5.35. The third-order valence-electron chi connectivity index (χ3n) is 4.74. The third kappa shape index (κ3) is 4.42.